The molecule has 2 aromatic rings. The minimum absolute atomic E-state index is 0.106. The first-order valence-corrected chi connectivity index (χ1v) is 6.46. The molecule has 0 saturated carbocycles. The summed E-state index contributed by atoms with van der Waals surface area (Å²) in [5.74, 6) is -1.62. The summed E-state index contributed by atoms with van der Waals surface area (Å²) in [5, 5.41) is 11.5. The maximum atomic E-state index is 13.4. The maximum absolute atomic E-state index is 13.4. The minimum atomic E-state index is -0.987. The highest BCUT2D eigenvalue weighted by molar-refractivity contribution is 5.71. The van der Waals surface area contributed by atoms with Gasteiger partial charge in [-0.15, -0.1) is 5.10 Å². The van der Waals surface area contributed by atoms with Gasteiger partial charge in [-0.1, -0.05) is 13.8 Å². The zero-order valence-electron chi connectivity index (χ0n) is 11.7. The van der Waals surface area contributed by atoms with Crippen LogP contribution in [0.2, 0.25) is 0 Å². The van der Waals surface area contributed by atoms with Crippen LogP contribution in [-0.2, 0) is 5.54 Å². The molecule has 20 heavy (non-hydrogen) atoms. The van der Waals surface area contributed by atoms with Crippen molar-refractivity contribution in [1.82, 2.24) is 20.2 Å². The van der Waals surface area contributed by atoms with E-state index in [4.69, 9.17) is 5.73 Å². The Morgan fingerprint density at radius 1 is 1.20 bits per heavy atom. The van der Waals surface area contributed by atoms with Gasteiger partial charge in [0.25, 0.3) is 0 Å². The number of nitrogens with two attached hydrogens (primary N) is 1. The number of rotatable bonds is 4. The Balaban J connectivity index is 2.61. The Bertz CT molecular complexity index is 619. The van der Waals surface area contributed by atoms with Gasteiger partial charge in [-0.25, -0.2) is 13.5 Å². The summed E-state index contributed by atoms with van der Waals surface area (Å²) in [5.41, 5.74) is 5.85. The van der Waals surface area contributed by atoms with Crippen molar-refractivity contribution < 1.29 is 8.78 Å². The predicted molar refractivity (Wildman–Crippen MR) is 71.8 cm³/mol. The van der Waals surface area contributed by atoms with Crippen molar-refractivity contribution in [3.05, 3.63) is 23.8 Å². The standard InChI is InChI=1S/C13H17F2N5/c1-4-13(3,5-2)20-12(17-18-19-20)8-6-9(14)10(15)7-11(8)16/h6-7H,4-5,16H2,1-3H3. The fourth-order valence-corrected chi connectivity index (χ4v) is 2.02. The number of nitrogens with zero attached hydrogens (tertiary/aromatic N) is 4. The molecule has 7 heteroatoms. The van der Waals surface area contributed by atoms with Crippen molar-refractivity contribution in [2.75, 3.05) is 5.73 Å². The fourth-order valence-electron chi connectivity index (χ4n) is 2.02. The van der Waals surface area contributed by atoms with Crippen LogP contribution in [0, 0.1) is 11.6 Å². The second kappa shape index (κ2) is 5.15. The fraction of sp³-hybridized carbons (Fsp3) is 0.462. The van der Waals surface area contributed by atoms with Crippen LogP contribution in [0.3, 0.4) is 0 Å². The first-order valence-electron chi connectivity index (χ1n) is 6.46. The summed E-state index contributed by atoms with van der Waals surface area (Å²) in [6, 6.07) is 1.97. The first kappa shape index (κ1) is 14.4. The Morgan fingerprint density at radius 3 is 2.40 bits per heavy atom. The summed E-state index contributed by atoms with van der Waals surface area (Å²) in [4.78, 5) is 0. The van der Waals surface area contributed by atoms with Crippen molar-refractivity contribution in [2.45, 2.75) is 39.2 Å². The van der Waals surface area contributed by atoms with E-state index in [1.165, 1.54) is 0 Å². The Hall–Kier alpha value is -2.05. The molecule has 108 valence electrons. The molecule has 0 radical (unpaired) electrons. The van der Waals surface area contributed by atoms with Crippen LogP contribution in [0.5, 0.6) is 0 Å². The van der Waals surface area contributed by atoms with Gasteiger partial charge in [0.1, 0.15) is 0 Å². The summed E-state index contributed by atoms with van der Waals surface area (Å²) < 4.78 is 28.2. The molecule has 0 aliphatic carbocycles. The second-order valence-corrected chi connectivity index (χ2v) is 4.97. The molecule has 0 aliphatic heterocycles. The quantitative estimate of drug-likeness (QED) is 0.875. The lowest BCUT2D eigenvalue weighted by Gasteiger charge is -2.27. The topological polar surface area (TPSA) is 69.6 Å². The van der Waals surface area contributed by atoms with Crippen molar-refractivity contribution in [2.24, 2.45) is 0 Å². The molecule has 0 saturated heterocycles. The van der Waals surface area contributed by atoms with Crippen LogP contribution in [0.1, 0.15) is 33.6 Å². The van der Waals surface area contributed by atoms with Gasteiger partial charge in [0, 0.05) is 17.3 Å². The van der Waals surface area contributed by atoms with Crippen LogP contribution < -0.4 is 5.73 Å². The number of nitrogen functional groups attached to an aromatic ring is 1. The van der Waals surface area contributed by atoms with Crippen molar-refractivity contribution in [3.63, 3.8) is 0 Å². The smallest absolute Gasteiger partial charge is 0.184 e. The molecule has 1 heterocycles. The molecular weight excluding hydrogens is 264 g/mol. The third-order valence-electron chi connectivity index (χ3n) is 3.84. The van der Waals surface area contributed by atoms with Crippen LogP contribution in [-0.4, -0.2) is 20.2 Å². The zero-order valence-corrected chi connectivity index (χ0v) is 11.7. The number of aromatic nitrogens is 4. The number of anilines is 1. The van der Waals surface area contributed by atoms with Crippen LogP contribution in [0.25, 0.3) is 11.4 Å². The Kier molecular flexibility index (Phi) is 3.69. The molecule has 0 amide bonds. The van der Waals surface area contributed by atoms with Gasteiger partial charge in [-0.2, -0.15) is 0 Å². The van der Waals surface area contributed by atoms with E-state index in [9.17, 15) is 8.78 Å². The Morgan fingerprint density at radius 2 is 1.80 bits per heavy atom. The lowest BCUT2D eigenvalue weighted by Crippen LogP contribution is -2.30. The molecular formula is C13H17F2N5. The minimum Gasteiger partial charge on any atom is -0.398 e. The Labute approximate surface area is 115 Å². The average Bonchev–Trinajstić information content (AvgIpc) is 2.91. The van der Waals surface area contributed by atoms with Gasteiger partial charge in [-0.05, 0) is 36.3 Å². The molecule has 0 bridgehead atoms. The average molecular weight is 281 g/mol. The van der Waals surface area contributed by atoms with Crippen LogP contribution >= 0.6 is 0 Å². The summed E-state index contributed by atoms with van der Waals surface area (Å²) in [7, 11) is 0. The highest BCUT2D eigenvalue weighted by atomic mass is 19.2. The molecule has 1 aromatic carbocycles. The lowest BCUT2D eigenvalue weighted by molar-refractivity contribution is 0.262. The van der Waals surface area contributed by atoms with E-state index in [1.807, 2.05) is 20.8 Å². The highest BCUT2D eigenvalue weighted by Gasteiger charge is 2.28. The van der Waals surface area contributed by atoms with E-state index in [2.05, 4.69) is 15.5 Å². The normalized spacial score (nSPS) is 11.8. The van der Waals surface area contributed by atoms with Crippen molar-refractivity contribution in [1.29, 1.82) is 0 Å². The number of halogens is 2. The third-order valence-corrected chi connectivity index (χ3v) is 3.84. The van der Waals surface area contributed by atoms with E-state index >= 15 is 0 Å². The van der Waals surface area contributed by atoms with Crippen LogP contribution in [0.15, 0.2) is 12.1 Å². The zero-order chi connectivity index (χ0) is 14.9. The van der Waals surface area contributed by atoms with Gasteiger partial charge in [0.2, 0.25) is 0 Å². The number of tetrazole rings is 1. The van der Waals surface area contributed by atoms with Crippen molar-refractivity contribution >= 4 is 5.69 Å². The van der Waals surface area contributed by atoms with E-state index in [0.717, 1.165) is 25.0 Å². The summed E-state index contributed by atoms with van der Waals surface area (Å²) in [6.07, 6.45) is 1.59. The van der Waals surface area contributed by atoms with Gasteiger partial charge < -0.3 is 5.73 Å². The predicted octanol–water partition coefficient (Wildman–Crippen LogP) is 2.74. The molecule has 2 rings (SSSR count). The molecule has 2 N–H and O–H groups in total. The molecule has 0 atom stereocenters. The van der Waals surface area contributed by atoms with E-state index in [-0.39, 0.29) is 11.2 Å². The first-order chi connectivity index (χ1) is 9.42. The largest absolute Gasteiger partial charge is 0.398 e. The second-order valence-electron chi connectivity index (χ2n) is 4.97. The monoisotopic (exact) mass is 281 g/mol. The highest BCUT2D eigenvalue weighted by Crippen LogP contribution is 2.32. The number of hydrogen-bond donors (Lipinski definition) is 1. The molecule has 0 fully saturated rings. The number of hydrogen-bond acceptors (Lipinski definition) is 4. The van der Waals surface area contributed by atoms with Crippen LogP contribution in [0.4, 0.5) is 14.5 Å². The SMILES string of the molecule is CCC(C)(CC)n1nnnc1-c1cc(F)c(F)cc1N. The molecule has 0 spiro atoms. The van der Waals surface area contributed by atoms with Gasteiger partial charge >= 0.3 is 0 Å². The van der Waals surface area contributed by atoms with E-state index in [0.29, 0.717) is 11.4 Å². The number of benzene rings is 1. The lowest BCUT2D eigenvalue weighted by atomic mass is 9.95. The van der Waals surface area contributed by atoms with Gasteiger partial charge in [-0.3, -0.25) is 0 Å². The molecule has 1 aromatic heterocycles. The molecule has 0 unspecified atom stereocenters. The summed E-state index contributed by atoms with van der Waals surface area (Å²) >= 11 is 0. The molecule has 0 aliphatic rings. The van der Waals surface area contributed by atoms with Crippen molar-refractivity contribution in [3.8, 4) is 11.4 Å². The van der Waals surface area contributed by atoms with Gasteiger partial charge in [0.15, 0.2) is 17.5 Å². The third kappa shape index (κ3) is 2.23. The van der Waals surface area contributed by atoms with Gasteiger partial charge in [0.05, 0.1) is 5.54 Å². The summed E-state index contributed by atoms with van der Waals surface area (Å²) in [6.45, 7) is 6.04. The van der Waals surface area contributed by atoms with E-state index < -0.39 is 11.6 Å². The maximum Gasteiger partial charge on any atom is 0.184 e. The molecule has 5 nitrogen and oxygen atoms in total. The van der Waals surface area contributed by atoms with E-state index in [1.54, 1.807) is 4.68 Å².